The number of rotatable bonds is 7. The van der Waals surface area contributed by atoms with Gasteiger partial charge in [0.15, 0.2) is 0 Å². The van der Waals surface area contributed by atoms with Crippen LogP contribution in [-0.4, -0.2) is 18.4 Å². The number of anilines is 1. The van der Waals surface area contributed by atoms with Gasteiger partial charge in [0, 0.05) is 12.1 Å². The van der Waals surface area contributed by atoms with Crippen LogP contribution in [0.3, 0.4) is 0 Å². The Labute approximate surface area is 113 Å². The van der Waals surface area contributed by atoms with E-state index in [2.05, 4.69) is 5.32 Å². The summed E-state index contributed by atoms with van der Waals surface area (Å²) >= 11 is 0. The molecule has 0 aromatic heterocycles. The number of benzene rings is 1. The van der Waals surface area contributed by atoms with Crippen molar-refractivity contribution in [3.63, 3.8) is 0 Å². The molecule has 104 valence electrons. The molecule has 19 heavy (non-hydrogen) atoms. The monoisotopic (exact) mass is 263 g/mol. The predicted molar refractivity (Wildman–Crippen MR) is 75.4 cm³/mol. The molecule has 1 unspecified atom stereocenters. The quantitative estimate of drug-likeness (QED) is 0.685. The van der Waals surface area contributed by atoms with Crippen LogP contribution < -0.4 is 16.8 Å². The molecule has 1 aromatic rings. The number of nitrogens with two attached hydrogens (primary N) is 2. The Balaban J connectivity index is 2.44. The van der Waals surface area contributed by atoms with Crippen LogP contribution in [0, 0.1) is 5.92 Å². The Morgan fingerprint density at radius 1 is 1.26 bits per heavy atom. The van der Waals surface area contributed by atoms with E-state index in [1.54, 1.807) is 24.3 Å². The lowest BCUT2D eigenvalue weighted by molar-refractivity contribution is -0.117. The molecule has 1 aromatic carbocycles. The largest absolute Gasteiger partial charge is 0.369 e. The van der Waals surface area contributed by atoms with E-state index in [1.165, 1.54) is 0 Å². The van der Waals surface area contributed by atoms with Crippen molar-refractivity contribution in [3.05, 3.63) is 29.8 Å². The average Bonchev–Trinajstić information content (AvgIpc) is 2.37. The molecule has 0 aliphatic carbocycles. The summed E-state index contributed by atoms with van der Waals surface area (Å²) in [5, 5.41) is 2.81. The van der Waals surface area contributed by atoms with Gasteiger partial charge in [-0.1, -0.05) is 19.1 Å². The van der Waals surface area contributed by atoms with E-state index in [4.69, 9.17) is 11.5 Å². The Bertz CT molecular complexity index is 429. The van der Waals surface area contributed by atoms with Crippen LogP contribution in [0.5, 0.6) is 0 Å². The molecule has 1 atom stereocenters. The number of carbonyl (C=O) groups is 2. The van der Waals surface area contributed by atoms with Gasteiger partial charge in [-0.25, -0.2) is 0 Å². The van der Waals surface area contributed by atoms with E-state index in [1.807, 2.05) is 6.92 Å². The molecule has 5 N–H and O–H groups in total. The van der Waals surface area contributed by atoms with Gasteiger partial charge in [-0.05, 0) is 36.6 Å². The molecule has 0 spiro atoms. The Morgan fingerprint density at radius 3 is 2.42 bits per heavy atom. The highest BCUT2D eigenvalue weighted by atomic mass is 16.1. The number of amides is 2. The zero-order valence-electron chi connectivity index (χ0n) is 11.2. The van der Waals surface area contributed by atoms with Crippen molar-refractivity contribution in [3.8, 4) is 0 Å². The molecular weight excluding hydrogens is 242 g/mol. The highest BCUT2D eigenvalue weighted by Gasteiger charge is 2.06. The average molecular weight is 263 g/mol. The second-order valence-corrected chi connectivity index (χ2v) is 4.77. The minimum Gasteiger partial charge on any atom is -0.369 e. The SMILES string of the molecule is CC(CN)CCC(=O)Nc1ccc(CC(N)=O)cc1. The highest BCUT2D eigenvalue weighted by molar-refractivity contribution is 5.90. The number of carbonyl (C=O) groups excluding carboxylic acids is 2. The summed E-state index contributed by atoms with van der Waals surface area (Å²) in [6.45, 7) is 2.61. The summed E-state index contributed by atoms with van der Waals surface area (Å²) in [7, 11) is 0. The molecule has 0 heterocycles. The first-order valence-corrected chi connectivity index (χ1v) is 6.38. The molecule has 0 fully saturated rings. The lowest BCUT2D eigenvalue weighted by Crippen LogP contribution is -2.16. The normalized spacial score (nSPS) is 11.9. The second-order valence-electron chi connectivity index (χ2n) is 4.77. The topological polar surface area (TPSA) is 98.2 Å². The molecule has 0 bridgehead atoms. The predicted octanol–water partition coefficient (Wildman–Crippen LogP) is 1.03. The van der Waals surface area contributed by atoms with Crippen molar-refractivity contribution in [1.29, 1.82) is 0 Å². The molecule has 0 radical (unpaired) electrons. The van der Waals surface area contributed by atoms with Crippen LogP contribution in [0.15, 0.2) is 24.3 Å². The van der Waals surface area contributed by atoms with E-state index in [9.17, 15) is 9.59 Å². The molecule has 1 rings (SSSR count). The summed E-state index contributed by atoms with van der Waals surface area (Å²) in [4.78, 5) is 22.4. The van der Waals surface area contributed by atoms with Crippen LogP contribution in [0.1, 0.15) is 25.3 Å². The van der Waals surface area contributed by atoms with Gasteiger partial charge in [0.1, 0.15) is 0 Å². The molecule has 2 amide bonds. The van der Waals surface area contributed by atoms with Gasteiger partial charge in [-0.15, -0.1) is 0 Å². The lowest BCUT2D eigenvalue weighted by atomic mass is 10.1. The van der Waals surface area contributed by atoms with Crippen LogP contribution >= 0.6 is 0 Å². The molecule has 0 aliphatic rings. The third-order valence-electron chi connectivity index (χ3n) is 2.88. The Kier molecular flexibility index (Phi) is 6.02. The standard InChI is InChI=1S/C14H21N3O2/c1-10(9-15)2-7-14(19)17-12-5-3-11(4-6-12)8-13(16)18/h3-6,10H,2,7-9,15H2,1H3,(H2,16,18)(H,17,19). The number of hydrogen-bond acceptors (Lipinski definition) is 3. The van der Waals surface area contributed by atoms with Gasteiger partial charge in [-0.2, -0.15) is 0 Å². The molecule has 0 saturated carbocycles. The lowest BCUT2D eigenvalue weighted by Gasteiger charge is -2.09. The molecule has 5 heteroatoms. The van der Waals surface area contributed by atoms with E-state index in [0.717, 1.165) is 17.7 Å². The summed E-state index contributed by atoms with van der Waals surface area (Å²) in [6, 6.07) is 7.09. The number of nitrogens with one attached hydrogen (secondary N) is 1. The Morgan fingerprint density at radius 2 is 1.89 bits per heavy atom. The maximum atomic E-state index is 11.7. The van der Waals surface area contributed by atoms with Crippen molar-refractivity contribution in [2.24, 2.45) is 17.4 Å². The van der Waals surface area contributed by atoms with Crippen LogP contribution in [-0.2, 0) is 16.0 Å². The third-order valence-corrected chi connectivity index (χ3v) is 2.88. The van der Waals surface area contributed by atoms with Crippen molar-refractivity contribution < 1.29 is 9.59 Å². The van der Waals surface area contributed by atoms with E-state index >= 15 is 0 Å². The van der Waals surface area contributed by atoms with Crippen LogP contribution in [0.25, 0.3) is 0 Å². The van der Waals surface area contributed by atoms with Crippen LogP contribution in [0.2, 0.25) is 0 Å². The first-order valence-electron chi connectivity index (χ1n) is 6.38. The summed E-state index contributed by atoms with van der Waals surface area (Å²) in [6.07, 6.45) is 1.45. The van der Waals surface area contributed by atoms with Crippen molar-refractivity contribution >= 4 is 17.5 Å². The summed E-state index contributed by atoms with van der Waals surface area (Å²) < 4.78 is 0. The maximum Gasteiger partial charge on any atom is 0.224 e. The third kappa shape index (κ3) is 6.01. The first-order chi connectivity index (χ1) is 9.01. The van der Waals surface area contributed by atoms with E-state index in [-0.39, 0.29) is 18.2 Å². The number of primary amides is 1. The maximum absolute atomic E-state index is 11.7. The highest BCUT2D eigenvalue weighted by Crippen LogP contribution is 2.11. The fraction of sp³-hybridized carbons (Fsp3) is 0.429. The van der Waals surface area contributed by atoms with Gasteiger partial charge in [0.05, 0.1) is 6.42 Å². The van der Waals surface area contributed by atoms with Crippen LogP contribution in [0.4, 0.5) is 5.69 Å². The first kappa shape index (κ1) is 15.2. The van der Waals surface area contributed by atoms with E-state index < -0.39 is 0 Å². The summed E-state index contributed by atoms with van der Waals surface area (Å²) in [5.74, 6) is -0.0424. The van der Waals surface area contributed by atoms with Gasteiger partial charge < -0.3 is 16.8 Å². The molecular formula is C14H21N3O2. The van der Waals surface area contributed by atoms with Crippen molar-refractivity contribution in [2.75, 3.05) is 11.9 Å². The zero-order chi connectivity index (χ0) is 14.3. The fourth-order valence-corrected chi connectivity index (χ4v) is 1.63. The zero-order valence-corrected chi connectivity index (χ0v) is 11.2. The van der Waals surface area contributed by atoms with Gasteiger partial charge in [0.25, 0.3) is 0 Å². The fourth-order valence-electron chi connectivity index (χ4n) is 1.63. The smallest absolute Gasteiger partial charge is 0.224 e. The summed E-state index contributed by atoms with van der Waals surface area (Å²) in [5.41, 5.74) is 12.2. The Hall–Kier alpha value is -1.88. The van der Waals surface area contributed by atoms with Gasteiger partial charge >= 0.3 is 0 Å². The van der Waals surface area contributed by atoms with E-state index in [0.29, 0.717) is 18.9 Å². The molecule has 0 saturated heterocycles. The molecule has 0 aliphatic heterocycles. The minimum atomic E-state index is -0.368. The van der Waals surface area contributed by atoms with Crippen molar-refractivity contribution in [2.45, 2.75) is 26.2 Å². The number of hydrogen-bond donors (Lipinski definition) is 3. The van der Waals surface area contributed by atoms with Gasteiger partial charge in [-0.3, -0.25) is 9.59 Å². The van der Waals surface area contributed by atoms with Gasteiger partial charge in [0.2, 0.25) is 11.8 Å². The molecule has 5 nitrogen and oxygen atoms in total. The van der Waals surface area contributed by atoms with Crippen molar-refractivity contribution in [1.82, 2.24) is 0 Å². The minimum absolute atomic E-state index is 0.0250. The second kappa shape index (κ2) is 7.53.